The third-order valence-electron chi connectivity index (χ3n) is 3.63. The predicted octanol–water partition coefficient (Wildman–Crippen LogP) is 3.07. The Balaban J connectivity index is 0.00000364. The molecule has 0 radical (unpaired) electrons. The number of nitrogens with zero attached hydrogens (tertiary/aromatic N) is 2. The van der Waals surface area contributed by atoms with Gasteiger partial charge < -0.3 is 15.5 Å². The Hall–Kier alpha value is -2.60. The van der Waals surface area contributed by atoms with Crippen LogP contribution >= 0.6 is 24.0 Å². The molecule has 2 aromatic carbocycles. The summed E-state index contributed by atoms with van der Waals surface area (Å²) in [6, 6.07) is 13.3. The van der Waals surface area contributed by atoms with E-state index in [2.05, 4.69) is 21.5 Å². The zero-order chi connectivity index (χ0) is 18.9. The molecule has 0 atom stereocenters. The molecule has 1 amide bonds. The summed E-state index contributed by atoms with van der Waals surface area (Å²) in [6.07, 6.45) is 5.35. The number of carbonyl (C=O) groups is 1. The van der Waals surface area contributed by atoms with Crippen molar-refractivity contribution in [1.82, 2.24) is 10.2 Å². The highest BCUT2D eigenvalue weighted by molar-refractivity contribution is 14.0. The molecular formula is C20H22FIN4O. The van der Waals surface area contributed by atoms with E-state index in [9.17, 15) is 9.18 Å². The van der Waals surface area contributed by atoms with Crippen LogP contribution in [-0.4, -0.2) is 37.4 Å². The lowest BCUT2D eigenvalue weighted by atomic mass is 10.2. The van der Waals surface area contributed by atoms with E-state index in [4.69, 9.17) is 6.42 Å². The molecule has 0 spiro atoms. The van der Waals surface area contributed by atoms with Crippen LogP contribution in [0.1, 0.15) is 11.1 Å². The van der Waals surface area contributed by atoms with Crippen LogP contribution in [0.4, 0.5) is 10.1 Å². The first-order chi connectivity index (χ1) is 12.5. The third kappa shape index (κ3) is 7.27. The lowest BCUT2D eigenvalue weighted by Crippen LogP contribution is -2.42. The van der Waals surface area contributed by atoms with Gasteiger partial charge in [-0.25, -0.2) is 4.39 Å². The molecule has 0 aliphatic carbocycles. The Kier molecular flexibility index (Phi) is 9.30. The van der Waals surface area contributed by atoms with Gasteiger partial charge in [-0.1, -0.05) is 24.1 Å². The van der Waals surface area contributed by atoms with Crippen molar-refractivity contribution in [3.8, 4) is 12.3 Å². The summed E-state index contributed by atoms with van der Waals surface area (Å²) in [4.78, 5) is 18.1. The van der Waals surface area contributed by atoms with Crippen molar-refractivity contribution in [3.63, 3.8) is 0 Å². The Morgan fingerprint density at radius 3 is 2.59 bits per heavy atom. The van der Waals surface area contributed by atoms with Gasteiger partial charge in [-0.3, -0.25) is 9.79 Å². The highest BCUT2D eigenvalue weighted by Crippen LogP contribution is 2.09. The first-order valence-electron chi connectivity index (χ1n) is 8.04. The molecule has 2 N–H and O–H groups in total. The molecular weight excluding hydrogens is 458 g/mol. The Bertz CT molecular complexity index is 831. The van der Waals surface area contributed by atoms with Gasteiger partial charge >= 0.3 is 0 Å². The van der Waals surface area contributed by atoms with Crippen molar-refractivity contribution in [2.75, 3.05) is 26.0 Å². The number of benzene rings is 2. The van der Waals surface area contributed by atoms with E-state index in [0.29, 0.717) is 23.8 Å². The fourth-order valence-corrected chi connectivity index (χ4v) is 2.37. The Morgan fingerprint density at radius 1 is 1.26 bits per heavy atom. The van der Waals surface area contributed by atoms with Gasteiger partial charge in [0.1, 0.15) is 5.82 Å². The van der Waals surface area contributed by atoms with Gasteiger partial charge in [0.25, 0.3) is 0 Å². The van der Waals surface area contributed by atoms with Gasteiger partial charge in [0.05, 0.1) is 6.54 Å². The van der Waals surface area contributed by atoms with E-state index < -0.39 is 0 Å². The largest absolute Gasteiger partial charge is 0.347 e. The second-order valence-corrected chi connectivity index (χ2v) is 5.66. The van der Waals surface area contributed by atoms with E-state index in [1.165, 1.54) is 12.1 Å². The highest BCUT2D eigenvalue weighted by Gasteiger charge is 2.09. The SMILES string of the molecule is C#Cc1cccc(NC(=O)CNC(=NC)N(C)Cc2ccc(F)cc2)c1.I. The van der Waals surface area contributed by atoms with E-state index in [0.717, 1.165) is 5.56 Å². The summed E-state index contributed by atoms with van der Waals surface area (Å²) in [5.74, 6) is 2.60. The molecule has 0 saturated carbocycles. The van der Waals surface area contributed by atoms with E-state index in [1.807, 2.05) is 11.9 Å². The van der Waals surface area contributed by atoms with Crippen molar-refractivity contribution < 1.29 is 9.18 Å². The number of anilines is 1. The normalized spacial score (nSPS) is 10.4. The number of hydrogen-bond donors (Lipinski definition) is 2. The van der Waals surface area contributed by atoms with E-state index >= 15 is 0 Å². The number of amides is 1. The maximum absolute atomic E-state index is 13.0. The maximum atomic E-state index is 13.0. The van der Waals surface area contributed by atoms with Crippen LogP contribution in [0.15, 0.2) is 53.5 Å². The van der Waals surface area contributed by atoms with Crippen molar-refractivity contribution in [1.29, 1.82) is 0 Å². The minimum atomic E-state index is -0.274. The molecule has 2 aromatic rings. The minimum Gasteiger partial charge on any atom is -0.347 e. The van der Waals surface area contributed by atoms with Crippen LogP contribution in [0.3, 0.4) is 0 Å². The maximum Gasteiger partial charge on any atom is 0.243 e. The van der Waals surface area contributed by atoms with Crippen LogP contribution < -0.4 is 10.6 Å². The summed E-state index contributed by atoms with van der Waals surface area (Å²) in [5.41, 5.74) is 2.28. The molecule has 0 bridgehead atoms. The van der Waals surface area contributed by atoms with Crippen LogP contribution in [0, 0.1) is 18.2 Å². The first-order valence-corrected chi connectivity index (χ1v) is 8.04. The lowest BCUT2D eigenvalue weighted by molar-refractivity contribution is -0.115. The number of terminal acetylenes is 1. The monoisotopic (exact) mass is 480 g/mol. The van der Waals surface area contributed by atoms with E-state index in [-0.39, 0.29) is 42.2 Å². The quantitative estimate of drug-likeness (QED) is 0.300. The molecule has 7 heteroatoms. The summed E-state index contributed by atoms with van der Waals surface area (Å²) < 4.78 is 13.0. The number of guanidine groups is 1. The number of hydrogen-bond acceptors (Lipinski definition) is 2. The number of halogens is 2. The Morgan fingerprint density at radius 2 is 1.96 bits per heavy atom. The topological polar surface area (TPSA) is 56.7 Å². The molecule has 27 heavy (non-hydrogen) atoms. The number of aliphatic imine (C=N–C) groups is 1. The summed E-state index contributed by atoms with van der Waals surface area (Å²) in [7, 11) is 3.48. The minimum absolute atomic E-state index is 0. The molecule has 142 valence electrons. The average molecular weight is 480 g/mol. The lowest BCUT2D eigenvalue weighted by Gasteiger charge is -2.22. The van der Waals surface area contributed by atoms with Crippen molar-refractivity contribution in [2.45, 2.75) is 6.54 Å². The first kappa shape index (κ1) is 22.4. The third-order valence-corrected chi connectivity index (χ3v) is 3.63. The zero-order valence-electron chi connectivity index (χ0n) is 15.2. The standard InChI is InChI=1S/C20H21FN4O.HI/c1-4-15-6-5-7-18(12-15)24-19(26)13-23-20(22-2)25(3)14-16-8-10-17(21)11-9-16;/h1,5-12H,13-14H2,2-3H3,(H,22,23)(H,24,26);1H. The number of rotatable bonds is 5. The average Bonchev–Trinajstić information content (AvgIpc) is 2.64. The molecule has 0 fully saturated rings. The molecule has 2 rings (SSSR count). The van der Waals surface area contributed by atoms with Crippen LogP contribution in [-0.2, 0) is 11.3 Å². The fraction of sp³-hybridized carbons (Fsp3) is 0.200. The van der Waals surface area contributed by atoms with Crippen molar-refractivity contribution in [3.05, 3.63) is 65.5 Å². The van der Waals surface area contributed by atoms with Gasteiger partial charge in [0, 0.05) is 31.9 Å². The summed E-state index contributed by atoms with van der Waals surface area (Å²) in [6.45, 7) is 0.590. The second kappa shape index (κ2) is 11.2. The Labute approximate surface area is 176 Å². The number of carbonyl (C=O) groups excluding carboxylic acids is 1. The zero-order valence-corrected chi connectivity index (χ0v) is 17.5. The van der Waals surface area contributed by atoms with Gasteiger partial charge in [-0.15, -0.1) is 30.4 Å². The highest BCUT2D eigenvalue weighted by atomic mass is 127. The molecule has 0 aliphatic heterocycles. The van der Waals surface area contributed by atoms with E-state index in [1.54, 1.807) is 43.4 Å². The summed E-state index contributed by atoms with van der Waals surface area (Å²) in [5, 5.41) is 5.78. The van der Waals surface area contributed by atoms with Gasteiger partial charge in [-0.2, -0.15) is 0 Å². The van der Waals surface area contributed by atoms with Crippen LogP contribution in [0.5, 0.6) is 0 Å². The smallest absolute Gasteiger partial charge is 0.243 e. The summed E-state index contributed by atoms with van der Waals surface area (Å²) >= 11 is 0. The second-order valence-electron chi connectivity index (χ2n) is 5.66. The molecule has 0 aromatic heterocycles. The molecule has 0 saturated heterocycles. The van der Waals surface area contributed by atoms with Crippen LogP contribution in [0.25, 0.3) is 0 Å². The van der Waals surface area contributed by atoms with Gasteiger partial charge in [0.2, 0.25) is 5.91 Å². The molecule has 5 nitrogen and oxygen atoms in total. The fourth-order valence-electron chi connectivity index (χ4n) is 2.37. The van der Waals surface area contributed by atoms with Crippen molar-refractivity contribution in [2.24, 2.45) is 4.99 Å². The van der Waals surface area contributed by atoms with Crippen LogP contribution in [0.2, 0.25) is 0 Å². The molecule has 0 aliphatic rings. The molecule has 0 heterocycles. The number of nitrogens with one attached hydrogen (secondary N) is 2. The van der Waals surface area contributed by atoms with Crippen molar-refractivity contribution >= 4 is 41.5 Å². The predicted molar refractivity (Wildman–Crippen MR) is 118 cm³/mol. The van der Waals surface area contributed by atoms with Gasteiger partial charge in [0.15, 0.2) is 5.96 Å². The van der Waals surface area contributed by atoms with Gasteiger partial charge in [-0.05, 0) is 35.9 Å². The molecule has 0 unspecified atom stereocenters.